The summed E-state index contributed by atoms with van der Waals surface area (Å²) >= 11 is 0. The van der Waals surface area contributed by atoms with Crippen LogP contribution in [0.15, 0.2) is 0 Å². The van der Waals surface area contributed by atoms with Crippen molar-refractivity contribution in [3.05, 3.63) is 0 Å². The van der Waals surface area contributed by atoms with Gasteiger partial charge in [0.2, 0.25) is 0 Å². The van der Waals surface area contributed by atoms with Gasteiger partial charge in [0.05, 0.1) is 10.1 Å². The van der Waals surface area contributed by atoms with Gasteiger partial charge in [-0.2, -0.15) is 0 Å². The van der Waals surface area contributed by atoms with Crippen molar-refractivity contribution in [1.29, 1.82) is 0 Å². The van der Waals surface area contributed by atoms with Gasteiger partial charge in [-0.3, -0.25) is 0 Å². The van der Waals surface area contributed by atoms with E-state index in [1.807, 2.05) is 0 Å². The fourth-order valence-electron chi connectivity index (χ4n) is 1.80. The number of unbranched alkanes of at least 4 members (excludes halogenated alkanes) is 9. The largest absolute Gasteiger partial charge is 1.00 e. The first-order valence-electron chi connectivity index (χ1n) is 6.60. The van der Waals surface area contributed by atoms with Crippen LogP contribution in [0.5, 0.6) is 0 Å². The summed E-state index contributed by atoms with van der Waals surface area (Å²) in [6.45, 7) is 0.294. The van der Waals surface area contributed by atoms with E-state index in [1.165, 1.54) is 25.7 Å². The van der Waals surface area contributed by atoms with Gasteiger partial charge >= 0.3 is 51.4 Å². The van der Waals surface area contributed by atoms with Gasteiger partial charge in [-0.05, 0) is 12.8 Å². The molecule has 0 heterocycles. The summed E-state index contributed by atoms with van der Waals surface area (Å²) in [6, 6.07) is 0. The molecule has 0 aromatic carbocycles. The molecular formula is C12H25KO4S. The van der Waals surface area contributed by atoms with Gasteiger partial charge < -0.3 is 9.66 Å². The summed E-state index contributed by atoms with van der Waals surface area (Å²) in [5.74, 6) is -0.214. The molecule has 0 atom stereocenters. The quantitative estimate of drug-likeness (QED) is 0.297. The Morgan fingerprint density at radius 2 is 1.06 bits per heavy atom. The van der Waals surface area contributed by atoms with Gasteiger partial charge in [-0.25, -0.2) is 8.42 Å². The van der Waals surface area contributed by atoms with Crippen molar-refractivity contribution in [2.75, 3.05) is 12.4 Å². The van der Waals surface area contributed by atoms with Crippen LogP contribution in [-0.4, -0.2) is 30.4 Å². The molecule has 0 saturated heterocycles. The molecule has 0 aliphatic rings. The molecule has 1 N–H and O–H groups in total. The van der Waals surface area contributed by atoms with Crippen LogP contribution in [-0.2, 0) is 10.1 Å². The van der Waals surface area contributed by atoms with E-state index in [9.17, 15) is 13.0 Å². The molecule has 0 amide bonds. The van der Waals surface area contributed by atoms with Crippen LogP contribution in [0.3, 0.4) is 0 Å². The molecule has 0 unspecified atom stereocenters. The third-order valence-corrected chi connectivity index (χ3v) is 3.59. The van der Waals surface area contributed by atoms with Crippen molar-refractivity contribution in [1.82, 2.24) is 0 Å². The first-order valence-corrected chi connectivity index (χ1v) is 8.18. The average Bonchev–Trinajstić information content (AvgIpc) is 2.24. The normalized spacial score (nSPS) is 11.2. The first kappa shape index (κ1) is 21.8. The molecule has 18 heavy (non-hydrogen) atoms. The van der Waals surface area contributed by atoms with Crippen molar-refractivity contribution >= 4 is 10.1 Å². The number of aliphatic hydroxyl groups excluding tert-OH is 1. The van der Waals surface area contributed by atoms with E-state index in [0.29, 0.717) is 13.0 Å². The van der Waals surface area contributed by atoms with Gasteiger partial charge in [0, 0.05) is 12.4 Å². The number of aliphatic hydroxyl groups is 1. The van der Waals surface area contributed by atoms with Crippen LogP contribution >= 0.6 is 0 Å². The van der Waals surface area contributed by atoms with E-state index < -0.39 is 10.1 Å². The van der Waals surface area contributed by atoms with E-state index in [-0.39, 0.29) is 57.1 Å². The topological polar surface area (TPSA) is 77.4 Å². The maximum absolute atomic E-state index is 10.3. The van der Waals surface area contributed by atoms with Gasteiger partial charge in [0.15, 0.2) is 0 Å². The summed E-state index contributed by atoms with van der Waals surface area (Å²) < 4.78 is 31.0. The van der Waals surface area contributed by atoms with Gasteiger partial charge in [-0.1, -0.05) is 51.4 Å². The minimum Gasteiger partial charge on any atom is -0.748 e. The number of rotatable bonds is 12. The Kier molecular flexibility index (Phi) is 18.1. The maximum atomic E-state index is 10.3. The van der Waals surface area contributed by atoms with Crippen molar-refractivity contribution in [3.63, 3.8) is 0 Å². The maximum Gasteiger partial charge on any atom is 1.00 e. The first-order chi connectivity index (χ1) is 8.06. The fraction of sp³-hybridized carbons (Fsp3) is 1.00. The molecule has 0 rings (SSSR count). The number of hydrogen-bond acceptors (Lipinski definition) is 4. The van der Waals surface area contributed by atoms with E-state index in [2.05, 4.69) is 0 Å². The van der Waals surface area contributed by atoms with Crippen LogP contribution in [0.4, 0.5) is 0 Å². The molecule has 0 saturated carbocycles. The minimum atomic E-state index is -4.00. The number of hydrogen-bond donors (Lipinski definition) is 1. The zero-order valence-electron chi connectivity index (χ0n) is 11.6. The van der Waals surface area contributed by atoms with Crippen molar-refractivity contribution in [3.8, 4) is 0 Å². The molecule has 0 spiro atoms. The minimum absolute atomic E-state index is 0. The molecule has 4 nitrogen and oxygen atoms in total. The van der Waals surface area contributed by atoms with Crippen LogP contribution in [0.2, 0.25) is 0 Å². The average molecular weight is 304 g/mol. The third-order valence-electron chi connectivity index (χ3n) is 2.80. The second-order valence-electron chi connectivity index (χ2n) is 4.52. The SMILES string of the molecule is O=S(=O)([O-])CCCCCCCCCCCCO.[K+]. The van der Waals surface area contributed by atoms with Crippen LogP contribution in [0.1, 0.15) is 64.2 Å². The van der Waals surface area contributed by atoms with Crippen molar-refractivity contribution in [2.24, 2.45) is 0 Å². The second-order valence-corrected chi connectivity index (χ2v) is 6.04. The van der Waals surface area contributed by atoms with Crippen molar-refractivity contribution in [2.45, 2.75) is 64.2 Å². The monoisotopic (exact) mass is 304 g/mol. The fourth-order valence-corrected chi connectivity index (χ4v) is 2.36. The third kappa shape index (κ3) is 19.8. The standard InChI is InChI=1S/C12H26O4S.K/c13-11-9-7-5-3-1-2-4-6-8-10-12-17(14,15)16;/h13H,1-12H2,(H,14,15,16);/q;+1/p-1. The molecule has 0 radical (unpaired) electrons. The Morgan fingerprint density at radius 3 is 1.39 bits per heavy atom. The van der Waals surface area contributed by atoms with Crippen molar-refractivity contribution < 1.29 is 69.5 Å². The molecule has 0 aliphatic carbocycles. The van der Waals surface area contributed by atoms with E-state index >= 15 is 0 Å². The Labute approximate surface area is 154 Å². The summed E-state index contributed by atoms with van der Waals surface area (Å²) in [4.78, 5) is 0. The molecule has 0 fully saturated rings. The predicted molar refractivity (Wildman–Crippen MR) is 67.8 cm³/mol. The van der Waals surface area contributed by atoms with Gasteiger partial charge in [-0.15, -0.1) is 0 Å². The summed E-state index contributed by atoms with van der Waals surface area (Å²) in [5.41, 5.74) is 0. The molecule has 0 aliphatic heterocycles. The molecular weight excluding hydrogens is 279 g/mol. The summed E-state index contributed by atoms with van der Waals surface area (Å²) in [6.07, 6.45) is 10.3. The summed E-state index contributed by atoms with van der Waals surface area (Å²) in [7, 11) is -4.00. The zero-order valence-corrected chi connectivity index (χ0v) is 15.5. The zero-order chi connectivity index (χ0) is 13.0. The summed E-state index contributed by atoms with van der Waals surface area (Å²) in [5, 5.41) is 8.58. The Bertz CT molecular complexity index is 255. The second kappa shape index (κ2) is 14.9. The molecule has 0 aromatic heterocycles. The Hall–Kier alpha value is 1.51. The molecule has 0 aromatic rings. The van der Waals surface area contributed by atoms with Crippen LogP contribution in [0.25, 0.3) is 0 Å². The smallest absolute Gasteiger partial charge is 0.748 e. The Morgan fingerprint density at radius 1 is 0.722 bits per heavy atom. The van der Waals surface area contributed by atoms with E-state index in [0.717, 1.165) is 32.1 Å². The van der Waals surface area contributed by atoms with E-state index in [4.69, 9.17) is 5.11 Å². The van der Waals surface area contributed by atoms with Crippen LogP contribution < -0.4 is 51.4 Å². The van der Waals surface area contributed by atoms with Crippen LogP contribution in [0, 0.1) is 0 Å². The van der Waals surface area contributed by atoms with Gasteiger partial charge in [0.25, 0.3) is 0 Å². The Balaban J connectivity index is 0. The van der Waals surface area contributed by atoms with E-state index in [1.54, 1.807) is 0 Å². The molecule has 104 valence electrons. The predicted octanol–water partition coefficient (Wildman–Crippen LogP) is -0.571. The molecule has 6 heteroatoms. The van der Waals surface area contributed by atoms with Gasteiger partial charge in [0.1, 0.15) is 0 Å². The molecule has 0 bridgehead atoms.